The molecule has 3 rings (SSSR count). The highest BCUT2D eigenvalue weighted by atomic mass is 15.2. The van der Waals surface area contributed by atoms with E-state index in [4.69, 9.17) is 5.73 Å². The van der Waals surface area contributed by atoms with Crippen molar-refractivity contribution in [1.29, 1.82) is 0 Å². The molecule has 3 N–H and O–H groups in total. The number of rotatable bonds is 3. The van der Waals surface area contributed by atoms with Crippen LogP contribution in [0.5, 0.6) is 0 Å². The second-order valence-electron chi connectivity index (χ2n) is 5.39. The molecule has 2 aromatic rings. The normalized spacial score (nSPS) is 16.8. The van der Waals surface area contributed by atoms with Crippen LogP contribution >= 0.6 is 0 Å². The summed E-state index contributed by atoms with van der Waals surface area (Å²) in [4.78, 5) is 0. The number of nitrogens with zero attached hydrogens (tertiary/aromatic N) is 1. The first kappa shape index (κ1) is 11.3. The predicted molar refractivity (Wildman–Crippen MR) is 74.3 cm³/mol. The highest BCUT2D eigenvalue weighted by molar-refractivity contribution is 5.77. The van der Waals surface area contributed by atoms with Gasteiger partial charge >= 0.3 is 0 Å². The molecular formula is C15H19N3. The van der Waals surface area contributed by atoms with Crippen molar-refractivity contribution in [2.75, 3.05) is 5.73 Å². The fraction of sp³-hybridized carbons (Fsp3) is 0.400. The third kappa shape index (κ3) is 1.90. The maximum atomic E-state index is 6.04. The number of H-pyrrole nitrogens is 1. The first-order chi connectivity index (χ1) is 8.66. The lowest BCUT2D eigenvalue weighted by Gasteiger charge is -2.11. The Morgan fingerprint density at radius 1 is 1.39 bits per heavy atom. The lowest BCUT2D eigenvalue weighted by atomic mass is 9.94. The molecule has 3 heteroatoms. The van der Waals surface area contributed by atoms with Crippen LogP contribution in [0.15, 0.2) is 24.3 Å². The molecule has 1 heterocycles. The maximum Gasteiger partial charge on any atom is 0.153 e. The van der Waals surface area contributed by atoms with E-state index in [1.807, 2.05) is 0 Å². The van der Waals surface area contributed by atoms with Crippen LogP contribution in [0, 0.1) is 12.8 Å². The van der Waals surface area contributed by atoms with Gasteiger partial charge in [0.25, 0.3) is 0 Å². The number of anilines is 1. The summed E-state index contributed by atoms with van der Waals surface area (Å²) in [5.74, 6) is 1.93. The predicted octanol–water partition coefficient (Wildman–Crippen LogP) is 3.48. The number of nitrogens with two attached hydrogens (primary N) is 1. The fourth-order valence-corrected chi connectivity index (χ4v) is 2.64. The summed E-state index contributed by atoms with van der Waals surface area (Å²) in [5, 5.41) is 7.34. The minimum absolute atomic E-state index is 0.519. The zero-order chi connectivity index (χ0) is 12.7. The summed E-state index contributed by atoms with van der Waals surface area (Å²) in [7, 11) is 0. The Balaban J connectivity index is 2.07. The van der Waals surface area contributed by atoms with Gasteiger partial charge in [-0.2, -0.15) is 5.10 Å². The zero-order valence-electron chi connectivity index (χ0n) is 10.9. The van der Waals surface area contributed by atoms with Crippen molar-refractivity contribution in [2.24, 2.45) is 5.92 Å². The van der Waals surface area contributed by atoms with Crippen LogP contribution in [-0.4, -0.2) is 10.2 Å². The molecule has 3 nitrogen and oxygen atoms in total. The molecule has 1 atom stereocenters. The second kappa shape index (κ2) is 4.16. The van der Waals surface area contributed by atoms with Gasteiger partial charge in [0.2, 0.25) is 0 Å². The quantitative estimate of drug-likeness (QED) is 0.864. The van der Waals surface area contributed by atoms with E-state index in [1.54, 1.807) is 0 Å². The van der Waals surface area contributed by atoms with Gasteiger partial charge in [0.05, 0.1) is 0 Å². The number of aromatic nitrogens is 2. The monoisotopic (exact) mass is 241 g/mol. The summed E-state index contributed by atoms with van der Waals surface area (Å²) in [5.41, 5.74) is 10.7. The molecule has 0 bridgehead atoms. The van der Waals surface area contributed by atoms with Gasteiger partial charge in [0, 0.05) is 17.2 Å². The number of aryl methyl sites for hydroxylation is 1. The molecule has 1 aliphatic carbocycles. The van der Waals surface area contributed by atoms with Gasteiger partial charge in [-0.25, -0.2) is 0 Å². The molecule has 1 fully saturated rings. The van der Waals surface area contributed by atoms with E-state index in [2.05, 4.69) is 48.3 Å². The van der Waals surface area contributed by atoms with Crippen molar-refractivity contribution in [3.8, 4) is 11.1 Å². The van der Waals surface area contributed by atoms with Gasteiger partial charge in [-0.15, -0.1) is 0 Å². The third-order valence-corrected chi connectivity index (χ3v) is 3.91. The molecule has 1 saturated carbocycles. The van der Waals surface area contributed by atoms with Gasteiger partial charge in [-0.05, 0) is 31.2 Å². The van der Waals surface area contributed by atoms with Crippen LogP contribution in [0.3, 0.4) is 0 Å². The SMILES string of the molecule is Cc1cccc(-c2c(N)n[nH]c2C(C)C2CC2)c1. The van der Waals surface area contributed by atoms with Gasteiger partial charge < -0.3 is 5.73 Å². The van der Waals surface area contributed by atoms with Crippen molar-refractivity contribution in [1.82, 2.24) is 10.2 Å². The highest BCUT2D eigenvalue weighted by Crippen LogP contribution is 2.45. The molecule has 18 heavy (non-hydrogen) atoms. The largest absolute Gasteiger partial charge is 0.382 e. The topological polar surface area (TPSA) is 54.7 Å². The summed E-state index contributed by atoms with van der Waals surface area (Å²) in [6.45, 7) is 4.37. The summed E-state index contributed by atoms with van der Waals surface area (Å²) in [6.07, 6.45) is 2.65. The molecule has 1 aromatic heterocycles. The second-order valence-corrected chi connectivity index (χ2v) is 5.39. The van der Waals surface area contributed by atoms with Crippen molar-refractivity contribution >= 4 is 5.82 Å². The molecule has 0 aliphatic heterocycles. The van der Waals surface area contributed by atoms with Crippen LogP contribution in [-0.2, 0) is 0 Å². The van der Waals surface area contributed by atoms with E-state index in [0.717, 1.165) is 11.5 Å². The number of nitrogens with one attached hydrogen (secondary N) is 1. The molecule has 0 spiro atoms. The van der Waals surface area contributed by atoms with Crippen LogP contribution < -0.4 is 5.73 Å². The Kier molecular flexibility index (Phi) is 2.62. The van der Waals surface area contributed by atoms with Gasteiger partial charge in [0.15, 0.2) is 5.82 Å². The van der Waals surface area contributed by atoms with Crippen LogP contribution in [0.25, 0.3) is 11.1 Å². The molecule has 1 unspecified atom stereocenters. The van der Waals surface area contributed by atoms with E-state index in [-0.39, 0.29) is 0 Å². The lowest BCUT2D eigenvalue weighted by Crippen LogP contribution is -1.99. The summed E-state index contributed by atoms with van der Waals surface area (Å²) < 4.78 is 0. The number of hydrogen-bond donors (Lipinski definition) is 2. The van der Waals surface area contributed by atoms with Crippen molar-refractivity contribution < 1.29 is 0 Å². The Morgan fingerprint density at radius 3 is 2.83 bits per heavy atom. The van der Waals surface area contributed by atoms with Crippen LogP contribution in [0.1, 0.15) is 36.9 Å². The summed E-state index contributed by atoms with van der Waals surface area (Å²) in [6, 6.07) is 8.45. The van der Waals surface area contributed by atoms with Crippen molar-refractivity contribution in [3.63, 3.8) is 0 Å². The van der Waals surface area contributed by atoms with Gasteiger partial charge in [0.1, 0.15) is 0 Å². The first-order valence-corrected chi connectivity index (χ1v) is 6.57. The Hall–Kier alpha value is -1.77. The van der Waals surface area contributed by atoms with Crippen LogP contribution in [0.4, 0.5) is 5.82 Å². The van der Waals surface area contributed by atoms with Crippen molar-refractivity contribution in [2.45, 2.75) is 32.6 Å². The first-order valence-electron chi connectivity index (χ1n) is 6.57. The molecule has 1 aromatic carbocycles. The zero-order valence-corrected chi connectivity index (χ0v) is 10.9. The summed E-state index contributed by atoms with van der Waals surface area (Å²) >= 11 is 0. The minimum atomic E-state index is 0.519. The smallest absolute Gasteiger partial charge is 0.153 e. The number of nitrogen functional groups attached to an aromatic ring is 1. The Bertz CT molecular complexity index is 567. The highest BCUT2D eigenvalue weighted by Gasteiger charge is 2.32. The molecule has 0 saturated heterocycles. The molecule has 0 radical (unpaired) electrons. The number of aromatic amines is 1. The fourth-order valence-electron chi connectivity index (χ4n) is 2.64. The number of hydrogen-bond acceptors (Lipinski definition) is 2. The Labute approximate surface area is 107 Å². The third-order valence-electron chi connectivity index (χ3n) is 3.91. The van der Waals surface area contributed by atoms with E-state index < -0.39 is 0 Å². The van der Waals surface area contributed by atoms with Crippen molar-refractivity contribution in [3.05, 3.63) is 35.5 Å². The molecular weight excluding hydrogens is 222 g/mol. The van der Waals surface area contributed by atoms with E-state index in [0.29, 0.717) is 11.7 Å². The van der Waals surface area contributed by atoms with E-state index in [9.17, 15) is 0 Å². The standard InChI is InChI=1S/C15H19N3/c1-9-4-3-5-12(8-9)13-14(17-18-15(13)16)10(2)11-6-7-11/h3-5,8,10-11H,6-7H2,1-2H3,(H3,16,17,18). The molecule has 1 aliphatic rings. The number of benzene rings is 1. The average molecular weight is 241 g/mol. The van der Waals surface area contributed by atoms with Gasteiger partial charge in [-0.1, -0.05) is 36.8 Å². The molecule has 0 amide bonds. The minimum Gasteiger partial charge on any atom is -0.382 e. The molecule has 94 valence electrons. The lowest BCUT2D eigenvalue weighted by molar-refractivity contribution is 0.642. The van der Waals surface area contributed by atoms with Crippen LogP contribution in [0.2, 0.25) is 0 Å². The van der Waals surface area contributed by atoms with Gasteiger partial charge in [-0.3, -0.25) is 5.10 Å². The average Bonchev–Trinajstić information content (AvgIpc) is 3.12. The van der Waals surface area contributed by atoms with E-state index in [1.165, 1.54) is 29.7 Å². The van der Waals surface area contributed by atoms with E-state index >= 15 is 0 Å². The maximum absolute atomic E-state index is 6.04. The Morgan fingerprint density at radius 2 is 2.17 bits per heavy atom.